The molecular weight excluding hydrogens is 406 g/mol. The Hall–Kier alpha value is -3.22. The van der Waals surface area contributed by atoms with Gasteiger partial charge in [0.1, 0.15) is 17.0 Å². The Morgan fingerprint density at radius 2 is 1.84 bits per heavy atom. The van der Waals surface area contributed by atoms with Gasteiger partial charge in [0.25, 0.3) is 6.01 Å². The lowest BCUT2D eigenvalue weighted by molar-refractivity contribution is -0.137. The van der Waals surface area contributed by atoms with E-state index < -0.39 is 0 Å². The lowest BCUT2D eigenvalue weighted by Crippen LogP contribution is -2.42. The van der Waals surface area contributed by atoms with E-state index in [1.807, 2.05) is 42.5 Å². The summed E-state index contributed by atoms with van der Waals surface area (Å²) in [6, 6.07) is 14.4. The SMILES string of the molecule is COc1ccc([C@@H]2CCCN2C(=O)C2CCN(c3nc4ccccc4o3)CC2)c(OC)c1. The van der Waals surface area contributed by atoms with Crippen molar-refractivity contribution in [2.24, 2.45) is 5.92 Å². The molecule has 1 atom stereocenters. The number of para-hydroxylation sites is 2. The molecule has 0 saturated carbocycles. The van der Waals surface area contributed by atoms with Crippen LogP contribution in [0.25, 0.3) is 11.1 Å². The number of anilines is 1. The van der Waals surface area contributed by atoms with Crippen LogP contribution in [0.2, 0.25) is 0 Å². The molecule has 32 heavy (non-hydrogen) atoms. The minimum Gasteiger partial charge on any atom is -0.497 e. The monoisotopic (exact) mass is 435 g/mol. The summed E-state index contributed by atoms with van der Waals surface area (Å²) in [7, 11) is 3.31. The van der Waals surface area contributed by atoms with Gasteiger partial charge in [-0.15, -0.1) is 0 Å². The van der Waals surface area contributed by atoms with Gasteiger partial charge in [0.05, 0.1) is 20.3 Å². The van der Waals surface area contributed by atoms with E-state index in [-0.39, 0.29) is 17.9 Å². The summed E-state index contributed by atoms with van der Waals surface area (Å²) in [5.41, 5.74) is 2.73. The Bertz CT molecular complexity index is 1070. The number of oxazole rings is 1. The second-order valence-corrected chi connectivity index (χ2v) is 8.52. The van der Waals surface area contributed by atoms with Gasteiger partial charge in [0.2, 0.25) is 5.91 Å². The number of hydrogen-bond donors (Lipinski definition) is 0. The van der Waals surface area contributed by atoms with Crippen LogP contribution in [0, 0.1) is 5.92 Å². The number of fused-ring (bicyclic) bond motifs is 1. The van der Waals surface area contributed by atoms with Gasteiger partial charge in [-0.25, -0.2) is 0 Å². The third-order valence-corrected chi connectivity index (χ3v) is 6.73. The van der Waals surface area contributed by atoms with Crippen molar-refractivity contribution >= 4 is 23.0 Å². The van der Waals surface area contributed by atoms with Gasteiger partial charge < -0.3 is 23.7 Å². The Labute approximate surface area is 187 Å². The predicted octanol–water partition coefficient (Wildman–Crippen LogP) is 4.43. The standard InChI is InChI=1S/C25H29N3O4/c1-30-18-9-10-19(23(16-18)31-2)21-7-5-13-28(21)24(29)17-11-14-27(15-12-17)25-26-20-6-3-4-8-22(20)32-25/h3-4,6,8-10,16-17,21H,5,7,11-15H2,1-2H3/t21-/m0/s1. The molecular formula is C25H29N3O4. The molecule has 7 nitrogen and oxygen atoms in total. The normalized spacial score (nSPS) is 19.5. The van der Waals surface area contributed by atoms with Gasteiger partial charge in [0, 0.05) is 37.2 Å². The number of aromatic nitrogens is 1. The van der Waals surface area contributed by atoms with Crippen LogP contribution in [0.4, 0.5) is 6.01 Å². The Kier molecular flexibility index (Phi) is 5.64. The number of piperidine rings is 1. The van der Waals surface area contributed by atoms with Crippen LogP contribution in [0.5, 0.6) is 11.5 Å². The van der Waals surface area contributed by atoms with E-state index in [2.05, 4.69) is 14.8 Å². The van der Waals surface area contributed by atoms with Crippen molar-refractivity contribution in [3.8, 4) is 11.5 Å². The summed E-state index contributed by atoms with van der Waals surface area (Å²) < 4.78 is 16.9. The number of methoxy groups -OCH3 is 2. The smallest absolute Gasteiger partial charge is 0.298 e. The summed E-state index contributed by atoms with van der Waals surface area (Å²) in [6.07, 6.45) is 3.57. The summed E-state index contributed by atoms with van der Waals surface area (Å²) in [5, 5.41) is 0. The highest BCUT2D eigenvalue weighted by atomic mass is 16.5. The van der Waals surface area contributed by atoms with Crippen molar-refractivity contribution in [2.75, 3.05) is 38.8 Å². The summed E-state index contributed by atoms with van der Waals surface area (Å²) >= 11 is 0. The first-order chi connectivity index (χ1) is 15.7. The van der Waals surface area contributed by atoms with E-state index in [0.29, 0.717) is 6.01 Å². The summed E-state index contributed by atoms with van der Waals surface area (Å²) in [5.74, 6) is 1.82. The highest BCUT2D eigenvalue weighted by Gasteiger charge is 2.37. The molecule has 2 aromatic carbocycles. The summed E-state index contributed by atoms with van der Waals surface area (Å²) in [6.45, 7) is 2.34. The minimum absolute atomic E-state index is 0.0282. The topological polar surface area (TPSA) is 68.0 Å². The Morgan fingerprint density at radius 3 is 2.59 bits per heavy atom. The number of amides is 1. The number of nitrogens with zero attached hydrogens (tertiary/aromatic N) is 3. The molecule has 2 saturated heterocycles. The second kappa shape index (κ2) is 8.73. The van der Waals surface area contributed by atoms with Crippen LogP contribution in [0.15, 0.2) is 46.9 Å². The first-order valence-corrected chi connectivity index (χ1v) is 11.3. The van der Waals surface area contributed by atoms with Gasteiger partial charge in [-0.3, -0.25) is 4.79 Å². The molecule has 3 aromatic rings. The molecule has 2 fully saturated rings. The van der Waals surface area contributed by atoms with Gasteiger partial charge in [-0.2, -0.15) is 4.98 Å². The number of likely N-dealkylation sites (tertiary alicyclic amines) is 1. The van der Waals surface area contributed by atoms with E-state index in [9.17, 15) is 4.79 Å². The maximum Gasteiger partial charge on any atom is 0.298 e. The molecule has 0 N–H and O–H groups in total. The quantitative estimate of drug-likeness (QED) is 0.591. The molecule has 2 aliphatic heterocycles. The Balaban J connectivity index is 1.27. The average molecular weight is 436 g/mol. The van der Waals surface area contributed by atoms with Crippen LogP contribution >= 0.6 is 0 Å². The van der Waals surface area contributed by atoms with Crippen molar-refractivity contribution in [3.05, 3.63) is 48.0 Å². The highest BCUT2D eigenvalue weighted by molar-refractivity contribution is 5.80. The molecule has 0 aliphatic carbocycles. The maximum absolute atomic E-state index is 13.5. The zero-order valence-corrected chi connectivity index (χ0v) is 18.6. The fraction of sp³-hybridized carbons (Fsp3) is 0.440. The van der Waals surface area contributed by atoms with Gasteiger partial charge in [0.15, 0.2) is 5.58 Å². The molecule has 1 aromatic heterocycles. The predicted molar refractivity (Wildman–Crippen MR) is 122 cm³/mol. The lowest BCUT2D eigenvalue weighted by Gasteiger charge is -2.34. The maximum atomic E-state index is 13.5. The third kappa shape index (κ3) is 3.76. The first kappa shape index (κ1) is 20.7. The van der Waals surface area contributed by atoms with Crippen LogP contribution in [-0.4, -0.2) is 49.6 Å². The molecule has 0 bridgehead atoms. The molecule has 0 radical (unpaired) electrons. The second-order valence-electron chi connectivity index (χ2n) is 8.52. The molecule has 168 valence electrons. The molecule has 7 heteroatoms. The average Bonchev–Trinajstić information content (AvgIpc) is 3.50. The third-order valence-electron chi connectivity index (χ3n) is 6.73. The van der Waals surface area contributed by atoms with Crippen molar-refractivity contribution in [3.63, 3.8) is 0 Å². The van der Waals surface area contributed by atoms with Crippen LogP contribution in [0.1, 0.15) is 37.3 Å². The van der Waals surface area contributed by atoms with Gasteiger partial charge >= 0.3 is 0 Å². The fourth-order valence-corrected chi connectivity index (χ4v) is 5.00. The number of carbonyl (C=O) groups excluding carboxylic acids is 1. The molecule has 5 rings (SSSR count). The van der Waals surface area contributed by atoms with E-state index in [1.54, 1.807) is 14.2 Å². The van der Waals surface area contributed by atoms with E-state index in [1.165, 1.54) is 0 Å². The van der Waals surface area contributed by atoms with Crippen LogP contribution in [0.3, 0.4) is 0 Å². The number of hydrogen-bond acceptors (Lipinski definition) is 6. The van der Waals surface area contributed by atoms with Crippen LogP contribution in [-0.2, 0) is 4.79 Å². The van der Waals surface area contributed by atoms with Crippen molar-refractivity contribution in [1.82, 2.24) is 9.88 Å². The number of carbonyl (C=O) groups is 1. The fourth-order valence-electron chi connectivity index (χ4n) is 5.00. The molecule has 1 amide bonds. The van der Waals surface area contributed by atoms with E-state index in [4.69, 9.17) is 13.9 Å². The molecule has 2 aliphatic rings. The van der Waals surface area contributed by atoms with Crippen molar-refractivity contribution in [1.29, 1.82) is 0 Å². The Morgan fingerprint density at radius 1 is 1.03 bits per heavy atom. The lowest BCUT2D eigenvalue weighted by atomic mass is 9.94. The minimum atomic E-state index is 0.0282. The molecule has 3 heterocycles. The zero-order chi connectivity index (χ0) is 22.1. The van der Waals surface area contributed by atoms with E-state index in [0.717, 1.165) is 73.5 Å². The number of rotatable bonds is 5. The van der Waals surface area contributed by atoms with Crippen molar-refractivity contribution in [2.45, 2.75) is 31.7 Å². The molecule has 0 unspecified atom stereocenters. The first-order valence-electron chi connectivity index (χ1n) is 11.3. The largest absolute Gasteiger partial charge is 0.497 e. The summed E-state index contributed by atoms with van der Waals surface area (Å²) in [4.78, 5) is 22.3. The number of ether oxygens (including phenoxy) is 2. The van der Waals surface area contributed by atoms with Crippen molar-refractivity contribution < 1.29 is 18.7 Å². The van der Waals surface area contributed by atoms with Gasteiger partial charge in [-0.05, 0) is 49.9 Å². The van der Waals surface area contributed by atoms with Crippen LogP contribution < -0.4 is 14.4 Å². The highest BCUT2D eigenvalue weighted by Crippen LogP contribution is 2.40. The molecule has 0 spiro atoms. The van der Waals surface area contributed by atoms with E-state index >= 15 is 0 Å². The number of benzene rings is 2. The van der Waals surface area contributed by atoms with Gasteiger partial charge in [-0.1, -0.05) is 12.1 Å². The zero-order valence-electron chi connectivity index (χ0n) is 18.6.